The van der Waals surface area contributed by atoms with Gasteiger partial charge in [0.2, 0.25) is 0 Å². The summed E-state index contributed by atoms with van der Waals surface area (Å²) in [5.74, 6) is 0. The fourth-order valence-electron chi connectivity index (χ4n) is 1.74. The SMILES string of the molecule is Cc1nc(N(C)C)sc1CC1(CN)CC1. The Hall–Kier alpha value is -0.610. The average molecular weight is 225 g/mol. The second-order valence-electron chi connectivity index (χ2n) is 4.78. The van der Waals surface area contributed by atoms with Crippen molar-refractivity contribution in [1.29, 1.82) is 0 Å². The van der Waals surface area contributed by atoms with E-state index >= 15 is 0 Å². The molecule has 0 saturated heterocycles. The number of hydrogen-bond acceptors (Lipinski definition) is 4. The van der Waals surface area contributed by atoms with Crippen LogP contribution in [-0.2, 0) is 6.42 Å². The lowest BCUT2D eigenvalue weighted by molar-refractivity contribution is 0.524. The van der Waals surface area contributed by atoms with E-state index in [1.165, 1.54) is 23.4 Å². The van der Waals surface area contributed by atoms with Crippen LogP contribution in [0.4, 0.5) is 5.13 Å². The van der Waals surface area contributed by atoms with E-state index in [1.807, 2.05) is 25.4 Å². The third-order valence-electron chi connectivity index (χ3n) is 3.19. The first-order valence-corrected chi connectivity index (χ1v) is 6.22. The fraction of sp³-hybridized carbons (Fsp3) is 0.727. The van der Waals surface area contributed by atoms with Crippen LogP contribution in [0.15, 0.2) is 0 Å². The molecule has 1 aromatic heterocycles. The summed E-state index contributed by atoms with van der Waals surface area (Å²) in [4.78, 5) is 8.05. The zero-order chi connectivity index (χ0) is 11.1. The molecule has 1 aliphatic carbocycles. The van der Waals surface area contributed by atoms with Gasteiger partial charge in [-0.25, -0.2) is 4.98 Å². The number of rotatable bonds is 4. The Morgan fingerprint density at radius 1 is 1.47 bits per heavy atom. The van der Waals surface area contributed by atoms with E-state index in [4.69, 9.17) is 5.73 Å². The van der Waals surface area contributed by atoms with Crippen LogP contribution in [0.1, 0.15) is 23.4 Å². The van der Waals surface area contributed by atoms with Gasteiger partial charge in [-0.3, -0.25) is 0 Å². The zero-order valence-electron chi connectivity index (χ0n) is 9.71. The molecule has 1 saturated carbocycles. The lowest BCUT2D eigenvalue weighted by Gasteiger charge is -2.10. The Balaban J connectivity index is 2.14. The molecule has 1 heterocycles. The molecule has 0 aromatic carbocycles. The summed E-state index contributed by atoms with van der Waals surface area (Å²) >= 11 is 1.81. The summed E-state index contributed by atoms with van der Waals surface area (Å²) < 4.78 is 0. The van der Waals surface area contributed by atoms with Crippen molar-refractivity contribution in [3.63, 3.8) is 0 Å². The van der Waals surface area contributed by atoms with Crippen LogP contribution in [0.25, 0.3) is 0 Å². The molecule has 1 aliphatic rings. The molecule has 4 heteroatoms. The van der Waals surface area contributed by atoms with E-state index < -0.39 is 0 Å². The molecule has 0 bridgehead atoms. The van der Waals surface area contributed by atoms with Gasteiger partial charge in [0, 0.05) is 19.0 Å². The largest absolute Gasteiger partial charge is 0.354 e. The predicted molar refractivity (Wildman–Crippen MR) is 65.6 cm³/mol. The number of nitrogens with two attached hydrogens (primary N) is 1. The molecular formula is C11H19N3S. The third-order valence-corrected chi connectivity index (χ3v) is 4.51. The molecule has 2 N–H and O–H groups in total. The molecule has 84 valence electrons. The summed E-state index contributed by atoms with van der Waals surface area (Å²) in [6, 6.07) is 0. The summed E-state index contributed by atoms with van der Waals surface area (Å²) in [6.45, 7) is 2.92. The Labute approximate surface area is 95.3 Å². The topological polar surface area (TPSA) is 42.2 Å². The van der Waals surface area contributed by atoms with Gasteiger partial charge in [-0.05, 0) is 38.1 Å². The Morgan fingerprint density at radius 3 is 2.53 bits per heavy atom. The highest BCUT2D eigenvalue weighted by Gasteiger charge is 2.41. The van der Waals surface area contributed by atoms with Crippen molar-refractivity contribution < 1.29 is 0 Å². The van der Waals surface area contributed by atoms with E-state index in [2.05, 4.69) is 16.8 Å². The number of nitrogens with zero attached hydrogens (tertiary/aromatic N) is 2. The van der Waals surface area contributed by atoms with E-state index in [1.54, 1.807) is 0 Å². The van der Waals surface area contributed by atoms with Crippen LogP contribution in [0.5, 0.6) is 0 Å². The number of anilines is 1. The van der Waals surface area contributed by atoms with Crippen LogP contribution >= 0.6 is 11.3 Å². The molecule has 3 nitrogen and oxygen atoms in total. The van der Waals surface area contributed by atoms with Gasteiger partial charge in [0.05, 0.1) is 5.69 Å². The van der Waals surface area contributed by atoms with Crippen LogP contribution in [0.3, 0.4) is 0 Å². The minimum Gasteiger partial charge on any atom is -0.354 e. The van der Waals surface area contributed by atoms with Crippen LogP contribution in [-0.4, -0.2) is 25.6 Å². The second-order valence-corrected chi connectivity index (χ2v) is 5.84. The molecule has 0 radical (unpaired) electrons. The summed E-state index contributed by atoms with van der Waals surface area (Å²) in [5, 5.41) is 1.11. The highest BCUT2D eigenvalue weighted by molar-refractivity contribution is 7.15. The zero-order valence-corrected chi connectivity index (χ0v) is 10.5. The third kappa shape index (κ3) is 2.16. The van der Waals surface area contributed by atoms with Gasteiger partial charge >= 0.3 is 0 Å². The Kier molecular flexibility index (Phi) is 2.73. The van der Waals surface area contributed by atoms with Crippen LogP contribution < -0.4 is 10.6 Å². The van der Waals surface area contributed by atoms with Gasteiger partial charge in [0.1, 0.15) is 0 Å². The predicted octanol–water partition coefficient (Wildman–Crippen LogP) is 1.80. The summed E-state index contributed by atoms with van der Waals surface area (Å²) in [5.41, 5.74) is 7.41. The van der Waals surface area contributed by atoms with Crippen molar-refractivity contribution >= 4 is 16.5 Å². The van der Waals surface area contributed by atoms with Crippen molar-refractivity contribution in [2.24, 2.45) is 11.1 Å². The summed E-state index contributed by atoms with van der Waals surface area (Å²) in [7, 11) is 4.08. The van der Waals surface area contributed by atoms with Gasteiger partial charge in [0.25, 0.3) is 0 Å². The molecule has 0 amide bonds. The van der Waals surface area contributed by atoms with E-state index in [9.17, 15) is 0 Å². The lowest BCUT2D eigenvalue weighted by atomic mass is 10.0. The molecule has 15 heavy (non-hydrogen) atoms. The van der Waals surface area contributed by atoms with E-state index in [0.717, 1.165) is 18.1 Å². The highest BCUT2D eigenvalue weighted by atomic mass is 32.1. The molecule has 0 unspecified atom stereocenters. The normalized spacial score (nSPS) is 17.9. The summed E-state index contributed by atoms with van der Waals surface area (Å²) in [6.07, 6.45) is 3.71. The minimum absolute atomic E-state index is 0.418. The van der Waals surface area contributed by atoms with Gasteiger partial charge in [-0.1, -0.05) is 0 Å². The lowest BCUT2D eigenvalue weighted by Crippen LogP contribution is -2.17. The maximum Gasteiger partial charge on any atom is 0.185 e. The molecule has 1 aromatic rings. The van der Waals surface area contributed by atoms with Crippen molar-refractivity contribution in [3.8, 4) is 0 Å². The molecular weight excluding hydrogens is 206 g/mol. The number of aromatic nitrogens is 1. The standard InChI is InChI=1S/C11H19N3S/c1-8-9(6-11(7-12)4-5-11)15-10(13-8)14(2)3/h4-7,12H2,1-3H3. The van der Waals surface area contributed by atoms with Gasteiger partial charge < -0.3 is 10.6 Å². The molecule has 2 rings (SSSR count). The molecule has 1 fully saturated rings. The maximum absolute atomic E-state index is 5.81. The van der Waals surface area contributed by atoms with Crippen molar-refractivity contribution in [3.05, 3.63) is 10.6 Å². The van der Waals surface area contributed by atoms with Crippen LogP contribution in [0, 0.1) is 12.3 Å². The van der Waals surface area contributed by atoms with Crippen molar-refractivity contribution in [1.82, 2.24) is 4.98 Å². The molecule has 0 aliphatic heterocycles. The fourth-order valence-corrected chi connectivity index (χ4v) is 2.90. The van der Waals surface area contributed by atoms with Gasteiger partial charge in [-0.2, -0.15) is 0 Å². The van der Waals surface area contributed by atoms with Crippen LogP contribution in [0.2, 0.25) is 0 Å². The smallest absolute Gasteiger partial charge is 0.185 e. The molecule has 0 spiro atoms. The van der Waals surface area contributed by atoms with Crippen molar-refractivity contribution in [2.75, 3.05) is 25.5 Å². The first-order chi connectivity index (χ1) is 7.06. The Morgan fingerprint density at radius 2 is 2.13 bits per heavy atom. The maximum atomic E-state index is 5.81. The van der Waals surface area contributed by atoms with E-state index in [0.29, 0.717) is 5.41 Å². The molecule has 0 atom stereocenters. The van der Waals surface area contributed by atoms with Crippen molar-refractivity contribution in [2.45, 2.75) is 26.2 Å². The average Bonchev–Trinajstić information content (AvgIpc) is 2.87. The van der Waals surface area contributed by atoms with Gasteiger partial charge in [0.15, 0.2) is 5.13 Å². The Bertz CT molecular complexity index is 353. The first-order valence-electron chi connectivity index (χ1n) is 5.40. The minimum atomic E-state index is 0.418. The highest BCUT2D eigenvalue weighted by Crippen LogP contribution is 2.48. The monoisotopic (exact) mass is 225 g/mol. The van der Waals surface area contributed by atoms with Gasteiger partial charge in [-0.15, -0.1) is 11.3 Å². The second kappa shape index (κ2) is 3.76. The van der Waals surface area contributed by atoms with E-state index in [-0.39, 0.29) is 0 Å². The number of hydrogen-bond donors (Lipinski definition) is 1. The number of thiazole rings is 1. The first kappa shape index (κ1) is 10.9. The quantitative estimate of drug-likeness (QED) is 0.849. The number of aryl methyl sites for hydroxylation is 1.